The first-order valence-corrected chi connectivity index (χ1v) is 10.1. The second-order valence-corrected chi connectivity index (χ2v) is 7.99. The zero-order valence-electron chi connectivity index (χ0n) is 17.2. The number of nitrogens with one attached hydrogen (secondary N) is 3. The van der Waals surface area contributed by atoms with Crippen molar-refractivity contribution in [2.45, 2.75) is 32.8 Å². The summed E-state index contributed by atoms with van der Waals surface area (Å²) in [4.78, 5) is 28.7. The van der Waals surface area contributed by atoms with Crippen molar-refractivity contribution >= 4 is 17.3 Å². The summed E-state index contributed by atoms with van der Waals surface area (Å²) in [5.41, 5.74) is 2.26. The van der Waals surface area contributed by atoms with Crippen LogP contribution in [0.25, 0.3) is 0 Å². The van der Waals surface area contributed by atoms with Gasteiger partial charge in [0.05, 0.1) is 11.1 Å². The number of thiazole rings is 1. The summed E-state index contributed by atoms with van der Waals surface area (Å²) in [6.45, 7) is 4.18. The van der Waals surface area contributed by atoms with Gasteiger partial charge in [0.1, 0.15) is 0 Å². The zero-order chi connectivity index (χ0) is 21.2. The second kappa shape index (κ2) is 11.4. The van der Waals surface area contributed by atoms with E-state index in [1.807, 2.05) is 40.1 Å². The number of aliphatic hydroxyl groups excluding tert-OH is 1. The van der Waals surface area contributed by atoms with Gasteiger partial charge in [-0.05, 0) is 39.6 Å². The van der Waals surface area contributed by atoms with Crippen LogP contribution in [0.1, 0.15) is 26.7 Å². The fourth-order valence-electron chi connectivity index (χ4n) is 2.44. The molecule has 1 atom stereocenters. The van der Waals surface area contributed by atoms with Crippen LogP contribution in [0.2, 0.25) is 0 Å². The van der Waals surface area contributed by atoms with E-state index in [1.165, 1.54) is 0 Å². The topological polar surface area (TPSA) is 116 Å². The fraction of sp³-hybridized carbons (Fsp3) is 0.400. The van der Waals surface area contributed by atoms with Crippen LogP contribution in [0.15, 0.2) is 35.5 Å². The summed E-state index contributed by atoms with van der Waals surface area (Å²) in [6.07, 6.45) is 5.44. The molecule has 8 nitrogen and oxygen atoms in total. The van der Waals surface area contributed by atoms with E-state index in [2.05, 4.69) is 30.6 Å². The van der Waals surface area contributed by atoms with Crippen LogP contribution in [-0.4, -0.2) is 51.8 Å². The van der Waals surface area contributed by atoms with Crippen molar-refractivity contribution in [2.75, 3.05) is 26.0 Å². The number of nitrogens with zero attached hydrogens (tertiary/aromatic N) is 3. The van der Waals surface area contributed by atoms with E-state index >= 15 is 0 Å². The quantitative estimate of drug-likeness (QED) is 0.463. The van der Waals surface area contributed by atoms with Gasteiger partial charge in [0.2, 0.25) is 5.95 Å². The highest BCUT2D eigenvalue weighted by atomic mass is 32.1. The van der Waals surface area contributed by atoms with Crippen molar-refractivity contribution in [1.29, 1.82) is 0 Å². The molecule has 0 aliphatic heterocycles. The number of rotatable bonds is 7. The van der Waals surface area contributed by atoms with Crippen LogP contribution in [0.3, 0.4) is 0 Å². The molecule has 156 valence electrons. The molecule has 0 spiro atoms. The van der Waals surface area contributed by atoms with Crippen molar-refractivity contribution < 1.29 is 5.11 Å². The van der Waals surface area contributed by atoms with Gasteiger partial charge in [0, 0.05) is 54.1 Å². The Bertz CT molecular complexity index is 939. The van der Waals surface area contributed by atoms with Crippen molar-refractivity contribution in [3.63, 3.8) is 0 Å². The Morgan fingerprint density at radius 3 is 2.48 bits per heavy atom. The molecule has 3 aromatic heterocycles. The molecule has 0 saturated carbocycles. The van der Waals surface area contributed by atoms with Crippen molar-refractivity contribution in [3.8, 4) is 0 Å². The number of anilines is 1. The molecular formula is C20H28N6O2S. The summed E-state index contributed by atoms with van der Waals surface area (Å²) in [5.74, 6) is 0.343. The summed E-state index contributed by atoms with van der Waals surface area (Å²) in [5, 5.41) is 16.7. The molecule has 4 N–H and O–H groups in total. The van der Waals surface area contributed by atoms with Gasteiger partial charge in [-0.3, -0.25) is 14.8 Å². The lowest BCUT2D eigenvalue weighted by molar-refractivity contribution is 0.188. The van der Waals surface area contributed by atoms with E-state index < -0.39 is 6.10 Å². The van der Waals surface area contributed by atoms with Gasteiger partial charge in [-0.25, -0.2) is 9.97 Å². The van der Waals surface area contributed by atoms with Gasteiger partial charge >= 0.3 is 0 Å². The molecule has 3 aromatic rings. The number of H-pyrrole nitrogens is 1. The Kier molecular flexibility index (Phi) is 8.91. The monoisotopic (exact) mass is 416 g/mol. The van der Waals surface area contributed by atoms with Crippen LogP contribution in [0.4, 0.5) is 5.95 Å². The Morgan fingerprint density at radius 2 is 1.90 bits per heavy atom. The molecule has 29 heavy (non-hydrogen) atoms. The maximum atomic E-state index is 12.2. The molecule has 0 fully saturated rings. The predicted octanol–water partition coefficient (Wildman–Crippen LogP) is 1.68. The molecule has 0 radical (unpaired) electrons. The fourth-order valence-corrected chi connectivity index (χ4v) is 3.30. The number of aliphatic hydroxyl groups is 1. The maximum absolute atomic E-state index is 12.2. The standard InChI is InChI=1S/C18H21N5O2S.C2H7N/c1-11-3-4-13(8-19-11)5-14-9-21-18(23-17(14)25)22-10-15(24)6-16-20-7-12(2)26-16;1-3-2/h3-4,7-9,15,24H,5-6,10H2,1-2H3,(H2,21,22,23,25);3H,1-2H3. The molecule has 0 saturated heterocycles. The minimum absolute atomic E-state index is 0.201. The molecule has 0 aliphatic carbocycles. The smallest absolute Gasteiger partial charge is 0.255 e. The van der Waals surface area contributed by atoms with Crippen molar-refractivity contribution in [3.05, 3.63) is 67.8 Å². The minimum atomic E-state index is -0.607. The second-order valence-electron chi connectivity index (χ2n) is 6.67. The van der Waals surface area contributed by atoms with Gasteiger partial charge in [-0.2, -0.15) is 0 Å². The van der Waals surface area contributed by atoms with Crippen LogP contribution >= 0.6 is 11.3 Å². The molecule has 3 rings (SSSR count). The van der Waals surface area contributed by atoms with Gasteiger partial charge in [-0.15, -0.1) is 11.3 Å². The average Bonchev–Trinajstić information content (AvgIpc) is 3.09. The first-order chi connectivity index (χ1) is 13.9. The van der Waals surface area contributed by atoms with E-state index in [9.17, 15) is 9.90 Å². The average molecular weight is 417 g/mol. The Labute approximate surface area is 174 Å². The normalized spacial score (nSPS) is 11.5. The predicted molar refractivity (Wildman–Crippen MR) is 117 cm³/mol. The van der Waals surface area contributed by atoms with Gasteiger partial charge in [0.15, 0.2) is 0 Å². The van der Waals surface area contributed by atoms with Crippen LogP contribution < -0.4 is 16.2 Å². The molecule has 0 aromatic carbocycles. The van der Waals surface area contributed by atoms with E-state index in [0.29, 0.717) is 24.4 Å². The maximum Gasteiger partial charge on any atom is 0.255 e. The Hall–Kier alpha value is -2.62. The lowest BCUT2D eigenvalue weighted by Crippen LogP contribution is -2.24. The lowest BCUT2D eigenvalue weighted by atomic mass is 10.1. The van der Waals surface area contributed by atoms with Crippen molar-refractivity contribution in [2.24, 2.45) is 0 Å². The number of hydrogen-bond donors (Lipinski definition) is 4. The highest BCUT2D eigenvalue weighted by Crippen LogP contribution is 2.13. The largest absolute Gasteiger partial charge is 0.391 e. The Balaban J connectivity index is 0.000000941. The van der Waals surface area contributed by atoms with Crippen molar-refractivity contribution in [1.82, 2.24) is 25.3 Å². The molecule has 0 amide bonds. The van der Waals surface area contributed by atoms with E-state index in [0.717, 1.165) is 21.1 Å². The van der Waals surface area contributed by atoms with E-state index in [4.69, 9.17) is 0 Å². The number of hydrogen-bond acceptors (Lipinski definition) is 8. The first-order valence-electron chi connectivity index (χ1n) is 9.32. The zero-order valence-corrected chi connectivity index (χ0v) is 18.0. The SMILES string of the molecule is CNC.Cc1ccc(Cc2cnc(NCC(O)Cc3ncc(C)s3)[nH]c2=O)cn1. The van der Waals surface area contributed by atoms with Gasteiger partial charge in [0.25, 0.3) is 5.56 Å². The molecule has 0 aliphatic rings. The number of pyridine rings is 1. The first kappa shape index (κ1) is 22.7. The highest BCUT2D eigenvalue weighted by molar-refractivity contribution is 7.11. The Morgan fingerprint density at radius 1 is 1.14 bits per heavy atom. The molecular weight excluding hydrogens is 388 g/mol. The molecule has 3 heterocycles. The van der Waals surface area contributed by atoms with E-state index in [1.54, 1.807) is 29.9 Å². The van der Waals surface area contributed by atoms with Crippen LogP contribution in [0, 0.1) is 13.8 Å². The molecule has 0 bridgehead atoms. The molecule has 9 heteroatoms. The highest BCUT2D eigenvalue weighted by Gasteiger charge is 2.10. The van der Waals surface area contributed by atoms with Crippen LogP contribution in [0.5, 0.6) is 0 Å². The summed E-state index contributed by atoms with van der Waals surface area (Å²) in [6, 6.07) is 3.86. The van der Waals surface area contributed by atoms with Gasteiger partial charge in [-0.1, -0.05) is 6.07 Å². The number of aryl methyl sites for hydroxylation is 2. The third kappa shape index (κ3) is 7.72. The third-order valence-electron chi connectivity index (χ3n) is 3.82. The third-order valence-corrected chi connectivity index (χ3v) is 4.76. The van der Waals surface area contributed by atoms with Crippen LogP contribution in [-0.2, 0) is 12.8 Å². The van der Waals surface area contributed by atoms with E-state index in [-0.39, 0.29) is 12.1 Å². The number of aromatic amines is 1. The minimum Gasteiger partial charge on any atom is -0.391 e. The number of aromatic nitrogens is 4. The lowest BCUT2D eigenvalue weighted by Gasteiger charge is -2.11. The van der Waals surface area contributed by atoms with Gasteiger partial charge < -0.3 is 15.7 Å². The summed E-state index contributed by atoms with van der Waals surface area (Å²) >= 11 is 1.57. The summed E-state index contributed by atoms with van der Waals surface area (Å²) in [7, 11) is 3.75. The molecule has 1 unspecified atom stereocenters. The summed E-state index contributed by atoms with van der Waals surface area (Å²) < 4.78 is 0.